The zero-order valence-electron chi connectivity index (χ0n) is 11.3. The lowest BCUT2D eigenvalue weighted by molar-refractivity contribution is 0.314. The minimum absolute atomic E-state index is 0.694. The van der Waals surface area contributed by atoms with Gasteiger partial charge in [0.25, 0.3) is 0 Å². The number of aromatic nitrogens is 1. The van der Waals surface area contributed by atoms with E-state index in [2.05, 4.69) is 23.0 Å². The van der Waals surface area contributed by atoms with Gasteiger partial charge in [-0.2, -0.15) is 0 Å². The van der Waals surface area contributed by atoms with Crippen molar-refractivity contribution in [1.82, 2.24) is 9.88 Å². The van der Waals surface area contributed by atoms with Crippen LogP contribution in [0.3, 0.4) is 0 Å². The van der Waals surface area contributed by atoms with Crippen LogP contribution in [-0.2, 0) is 13.1 Å². The van der Waals surface area contributed by atoms with Crippen molar-refractivity contribution >= 4 is 5.69 Å². The van der Waals surface area contributed by atoms with Crippen LogP contribution in [0.2, 0.25) is 0 Å². The third kappa shape index (κ3) is 3.96. The summed E-state index contributed by atoms with van der Waals surface area (Å²) in [4.78, 5) is 6.50. The van der Waals surface area contributed by atoms with Gasteiger partial charge >= 0.3 is 0 Å². The molecule has 2 aromatic rings. The van der Waals surface area contributed by atoms with Gasteiger partial charge < -0.3 is 10.5 Å². The van der Waals surface area contributed by atoms with Crippen LogP contribution >= 0.6 is 0 Å². The Morgan fingerprint density at radius 2 is 2.05 bits per heavy atom. The van der Waals surface area contributed by atoms with Crippen LogP contribution in [0.1, 0.15) is 11.3 Å². The Balaban J connectivity index is 1.96. The number of nitrogens with zero attached hydrogens (tertiary/aromatic N) is 2. The van der Waals surface area contributed by atoms with Crippen molar-refractivity contribution in [3.05, 3.63) is 53.9 Å². The molecule has 0 amide bonds. The molecule has 0 fully saturated rings. The maximum Gasteiger partial charge on any atom is 0.119 e. The molecule has 1 aromatic heterocycles. The van der Waals surface area contributed by atoms with Gasteiger partial charge in [-0.3, -0.25) is 9.88 Å². The lowest BCUT2D eigenvalue weighted by Gasteiger charge is -2.16. The summed E-state index contributed by atoms with van der Waals surface area (Å²) < 4.78 is 5.22. The Morgan fingerprint density at radius 1 is 1.21 bits per heavy atom. The number of benzene rings is 1. The van der Waals surface area contributed by atoms with E-state index < -0.39 is 0 Å². The molecular formula is C15H19N3O. The highest BCUT2D eigenvalue weighted by Crippen LogP contribution is 2.14. The fourth-order valence-electron chi connectivity index (χ4n) is 1.94. The molecule has 0 bridgehead atoms. The molecule has 0 atom stereocenters. The average Bonchev–Trinajstić information content (AvgIpc) is 2.41. The van der Waals surface area contributed by atoms with E-state index in [1.807, 2.05) is 30.3 Å². The first kappa shape index (κ1) is 13.4. The van der Waals surface area contributed by atoms with Crippen molar-refractivity contribution in [1.29, 1.82) is 0 Å². The first-order valence-corrected chi connectivity index (χ1v) is 6.19. The summed E-state index contributed by atoms with van der Waals surface area (Å²) in [5.74, 6) is 0.886. The number of hydrogen-bond donors (Lipinski definition) is 1. The Hall–Kier alpha value is -2.07. The molecule has 0 spiro atoms. The molecule has 2 N–H and O–H groups in total. The average molecular weight is 257 g/mol. The van der Waals surface area contributed by atoms with E-state index in [-0.39, 0.29) is 0 Å². The summed E-state index contributed by atoms with van der Waals surface area (Å²) in [5.41, 5.74) is 8.55. The molecule has 1 aromatic carbocycles. The standard InChI is InChI=1S/C15H19N3O/c1-18(11-14-7-6-13(16)9-17-14)10-12-4-3-5-15(8-12)19-2/h3-9H,10-11,16H2,1-2H3. The van der Waals surface area contributed by atoms with Gasteiger partial charge in [-0.05, 0) is 36.9 Å². The SMILES string of the molecule is COc1cccc(CN(C)Cc2ccc(N)cn2)c1. The van der Waals surface area contributed by atoms with Crippen molar-refractivity contribution in [3.8, 4) is 5.75 Å². The number of anilines is 1. The lowest BCUT2D eigenvalue weighted by Crippen LogP contribution is -2.18. The zero-order valence-corrected chi connectivity index (χ0v) is 11.3. The highest BCUT2D eigenvalue weighted by Gasteiger charge is 2.03. The van der Waals surface area contributed by atoms with E-state index in [4.69, 9.17) is 10.5 Å². The number of methoxy groups -OCH3 is 1. The van der Waals surface area contributed by atoms with E-state index in [0.717, 1.165) is 24.5 Å². The van der Waals surface area contributed by atoms with Gasteiger partial charge in [0.1, 0.15) is 5.75 Å². The first-order valence-electron chi connectivity index (χ1n) is 6.19. The lowest BCUT2D eigenvalue weighted by atomic mass is 10.2. The maximum absolute atomic E-state index is 5.62. The third-order valence-electron chi connectivity index (χ3n) is 2.87. The summed E-state index contributed by atoms with van der Waals surface area (Å²) in [6.07, 6.45) is 1.69. The molecule has 4 nitrogen and oxygen atoms in total. The fraction of sp³-hybridized carbons (Fsp3) is 0.267. The molecule has 0 aliphatic carbocycles. The van der Waals surface area contributed by atoms with Gasteiger partial charge in [0.15, 0.2) is 0 Å². The van der Waals surface area contributed by atoms with Crippen LogP contribution < -0.4 is 10.5 Å². The predicted octanol–water partition coefficient (Wildman–Crippen LogP) is 2.30. The molecule has 0 aliphatic rings. The van der Waals surface area contributed by atoms with Crippen molar-refractivity contribution in [2.45, 2.75) is 13.1 Å². The van der Waals surface area contributed by atoms with Gasteiger partial charge in [0.05, 0.1) is 24.7 Å². The number of ether oxygens (including phenoxy) is 1. The minimum atomic E-state index is 0.694. The van der Waals surface area contributed by atoms with Gasteiger partial charge in [0, 0.05) is 13.1 Å². The molecule has 100 valence electrons. The fourth-order valence-corrected chi connectivity index (χ4v) is 1.94. The molecule has 0 unspecified atom stereocenters. The molecule has 0 saturated carbocycles. The summed E-state index contributed by atoms with van der Waals surface area (Å²) >= 11 is 0. The van der Waals surface area contributed by atoms with E-state index in [0.29, 0.717) is 5.69 Å². The topological polar surface area (TPSA) is 51.4 Å². The predicted molar refractivity (Wildman–Crippen MR) is 76.8 cm³/mol. The van der Waals surface area contributed by atoms with Gasteiger partial charge in [-0.1, -0.05) is 12.1 Å². The molecule has 0 saturated heterocycles. The van der Waals surface area contributed by atoms with Crippen LogP contribution in [0.15, 0.2) is 42.6 Å². The summed E-state index contributed by atoms with van der Waals surface area (Å²) in [7, 11) is 3.75. The van der Waals surface area contributed by atoms with Crippen molar-refractivity contribution in [3.63, 3.8) is 0 Å². The van der Waals surface area contributed by atoms with Crippen LogP contribution in [0.25, 0.3) is 0 Å². The van der Waals surface area contributed by atoms with E-state index in [1.54, 1.807) is 13.3 Å². The second kappa shape index (κ2) is 6.20. The highest BCUT2D eigenvalue weighted by atomic mass is 16.5. The number of hydrogen-bond acceptors (Lipinski definition) is 4. The second-order valence-electron chi connectivity index (χ2n) is 4.61. The minimum Gasteiger partial charge on any atom is -0.497 e. The smallest absolute Gasteiger partial charge is 0.119 e. The van der Waals surface area contributed by atoms with Crippen LogP contribution in [0.4, 0.5) is 5.69 Å². The third-order valence-corrected chi connectivity index (χ3v) is 2.87. The van der Waals surface area contributed by atoms with E-state index >= 15 is 0 Å². The molecule has 0 aliphatic heterocycles. The Kier molecular flexibility index (Phi) is 4.36. The molecule has 19 heavy (non-hydrogen) atoms. The molecule has 1 heterocycles. The van der Waals surface area contributed by atoms with Crippen molar-refractivity contribution in [2.75, 3.05) is 19.9 Å². The summed E-state index contributed by atoms with van der Waals surface area (Å²) in [6, 6.07) is 11.9. The van der Waals surface area contributed by atoms with Crippen LogP contribution in [0.5, 0.6) is 5.75 Å². The summed E-state index contributed by atoms with van der Waals surface area (Å²) in [5, 5.41) is 0. The molecule has 0 radical (unpaired) electrons. The van der Waals surface area contributed by atoms with Gasteiger partial charge in [0.2, 0.25) is 0 Å². The Bertz CT molecular complexity index is 525. The largest absolute Gasteiger partial charge is 0.497 e. The highest BCUT2D eigenvalue weighted by molar-refractivity contribution is 5.34. The number of pyridine rings is 1. The zero-order chi connectivity index (χ0) is 13.7. The number of rotatable bonds is 5. The Morgan fingerprint density at radius 3 is 2.74 bits per heavy atom. The van der Waals surface area contributed by atoms with E-state index in [9.17, 15) is 0 Å². The number of nitrogen functional groups attached to an aromatic ring is 1. The maximum atomic E-state index is 5.62. The van der Waals surface area contributed by atoms with E-state index in [1.165, 1.54) is 5.56 Å². The number of nitrogens with two attached hydrogens (primary N) is 1. The van der Waals surface area contributed by atoms with Crippen LogP contribution in [-0.4, -0.2) is 24.0 Å². The van der Waals surface area contributed by atoms with Gasteiger partial charge in [-0.25, -0.2) is 0 Å². The molecule has 4 heteroatoms. The van der Waals surface area contributed by atoms with Crippen molar-refractivity contribution in [2.24, 2.45) is 0 Å². The monoisotopic (exact) mass is 257 g/mol. The quantitative estimate of drug-likeness (QED) is 0.893. The van der Waals surface area contributed by atoms with Gasteiger partial charge in [-0.15, -0.1) is 0 Å². The second-order valence-corrected chi connectivity index (χ2v) is 4.61. The Labute approximate surface area is 113 Å². The van der Waals surface area contributed by atoms with Crippen molar-refractivity contribution < 1.29 is 4.74 Å². The molecular weight excluding hydrogens is 238 g/mol. The van der Waals surface area contributed by atoms with Crippen LogP contribution in [0, 0.1) is 0 Å². The molecule has 2 rings (SSSR count). The first-order chi connectivity index (χ1) is 9.17. The normalized spacial score (nSPS) is 10.7. The summed E-state index contributed by atoms with van der Waals surface area (Å²) in [6.45, 7) is 1.64.